The molecular formula is C12H25N3. The molecule has 2 bridgehead atoms. The molecule has 3 atom stereocenters. The van der Waals surface area contributed by atoms with Gasteiger partial charge in [0.05, 0.1) is 0 Å². The third-order valence-electron chi connectivity index (χ3n) is 4.52. The molecule has 0 aromatic heterocycles. The molecule has 3 nitrogen and oxygen atoms in total. The Morgan fingerprint density at radius 2 is 1.93 bits per heavy atom. The van der Waals surface area contributed by atoms with Crippen molar-refractivity contribution in [3.8, 4) is 0 Å². The third-order valence-corrected chi connectivity index (χ3v) is 4.52. The van der Waals surface area contributed by atoms with E-state index in [-0.39, 0.29) is 0 Å². The third kappa shape index (κ3) is 2.19. The first-order valence-corrected chi connectivity index (χ1v) is 6.44. The van der Waals surface area contributed by atoms with Crippen LogP contribution in [0.3, 0.4) is 0 Å². The average Bonchev–Trinajstić information content (AvgIpc) is 2.50. The van der Waals surface area contributed by atoms with E-state index in [9.17, 15) is 0 Å². The molecule has 0 saturated carbocycles. The van der Waals surface area contributed by atoms with Gasteiger partial charge in [-0.25, -0.2) is 0 Å². The van der Waals surface area contributed by atoms with Crippen LogP contribution in [-0.4, -0.2) is 30.1 Å². The molecule has 0 radical (unpaired) electrons. The molecule has 0 spiro atoms. The Hall–Kier alpha value is -0.120. The second kappa shape index (κ2) is 4.81. The predicted octanol–water partition coefficient (Wildman–Crippen LogP) is 1.49. The Balaban J connectivity index is 1.95. The maximum atomic E-state index is 5.67. The molecule has 88 valence electrons. The number of nitrogens with zero attached hydrogens (tertiary/aromatic N) is 1. The highest BCUT2D eigenvalue weighted by molar-refractivity contribution is 4.96. The van der Waals surface area contributed by atoms with Gasteiger partial charge in [0.1, 0.15) is 0 Å². The van der Waals surface area contributed by atoms with Gasteiger partial charge in [-0.05, 0) is 45.1 Å². The van der Waals surface area contributed by atoms with Gasteiger partial charge < -0.3 is 4.90 Å². The van der Waals surface area contributed by atoms with E-state index in [0.717, 1.165) is 18.0 Å². The van der Waals surface area contributed by atoms with E-state index in [4.69, 9.17) is 5.84 Å². The molecule has 0 aromatic rings. The van der Waals surface area contributed by atoms with Gasteiger partial charge in [-0.1, -0.05) is 13.3 Å². The van der Waals surface area contributed by atoms with E-state index in [0.29, 0.717) is 6.04 Å². The standard InChI is InChI=1S/C12H25N3/c1-3-4-12(14-13)9-7-10-5-6-11(8-9)15(10)2/h9-12,14H,3-8,13H2,1-2H3. The first-order valence-electron chi connectivity index (χ1n) is 6.44. The molecule has 2 heterocycles. The molecular weight excluding hydrogens is 186 g/mol. The topological polar surface area (TPSA) is 41.3 Å². The summed E-state index contributed by atoms with van der Waals surface area (Å²) in [4.78, 5) is 2.59. The van der Waals surface area contributed by atoms with E-state index >= 15 is 0 Å². The molecule has 2 aliphatic rings. The molecule has 2 saturated heterocycles. The molecule has 0 aliphatic carbocycles. The summed E-state index contributed by atoms with van der Waals surface area (Å²) in [6.45, 7) is 2.24. The Morgan fingerprint density at radius 3 is 2.40 bits per heavy atom. The van der Waals surface area contributed by atoms with Gasteiger partial charge in [0.25, 0.3) is 0 Å². The van der Waals surface area contributed by atoms with Crippen LogP contribution in [0.5, 0.6) is 0 Å². The van der Waals surface area contributed by atoms with Crippen LogP contribution in [0.4, 0.5) is 0 Å². The van der Waals surface area contributed by atoms with Gasteiger partial charge in [-0.3, -0.25) is 11.3 Å². The first kappa shape index (κ1) is 11.4. The van der Waals surface area contributed by atoms with Crippen LogP contribution in [0.2, 0.25) is 0 Å². The van der Waals surface area contributed by atoms with Crippen LogP contribution in [-0.2, 0) is 0 Å². The fourth-order valence-electron chi connectivity index (χ4n) is 3.55. The largest absolute Gasteiger partial charge is 0.300 e. The average molecular weight is 211 g/mol. The van der Waals surface area contributed by atoms with Crippen molar-refractivity contribution in [2.45, 2.75) is 63.6 Å². The van der Waals surface area contributed by atoms with E-state index in [2.05, 4.69) is 24.3 Å². The molecule has 3 unspecified atom stereocenters. The van der Waals surface area contributed by atoms with Crippen molar-refractivity contribution in [2.24, 2.45) is 11.8 Å². The highest BCUT2D eigenvalue weighted by Crippen LogP contribution is 2.39. The maximum absolute atomic E-state index is 5.67. The van der Waals surface area contributed by atoms with Crippen LogP contribution in [0, 0.1) is 5.92 Å². The summed E-state index contributed by atoms with van der Waals surface area (Å²) in [7, 11) is 2.29. The van der Waals surface area contributed by atoms with Gasteiger partial charge in [-0.15, -0.1) is 0 Å². The number of piperidine rings is 1. The van der Waals surface area contributed by atoms with Crippen LogP contribution < -0.4 is 11.3 Å². The van der Waals surface area contributed by atoms with E-state index in [1.54, 1.807) is 0 Å². The lowest BCUT2D eigenvalue weighted by atomic mass is 9.83. The lowest BCUT2D eigenvalue weighted by Gasteiger charge is -2.39. The molecule has 3 N–H and O–H groups in total. The number of hydrogen-bond donors (Lipinski definition) is 2. The summed E-state index contributed by atoms with van der Waals surface area (Å²) in [5.41, 5.74) is 3.04. The second-order valence-electron chi connectivity index (χ2n) is 5.34. The molecule has 2 aliphatic heterocycles. The molecule has 0 amide bonds. The van der Waals surface area contributed by atoms with Gasteiger partial charge in [-0.2, -0.15) is 0 Å². The number of rotatable bonds is 4. The van der Waals surface area contributed by atoms with Crippen LogP contribution in [0.15, 0.2) is 0 Å². The monoisotopic (exact) mass is 211 g/mol. The second-order valence-corrected chi connectivity index (χ2v) is 5.34. The molecule has 2 fully saturated rings. The first-order chi connectivity index (χ1) is 7.26. The quantitative estimate of drug-likeness (QED) is 0.547. The van der Waals surface area contributed by atoms with Crippen molar-refractivity contribution < 1.29 is 0 Å². The van der Waals surface area contributed by atoms with Crippen molar-refractivity contribution in [2.75, 3.05) is 7.05 Å². The smallest absolute Gasteiger partial charge is 0.0239 e. The lowest BCUT2D eigenvalue weighted by Crippen LogP contribution is -2.48. The Morgan fingerprint density at radius 1 is 1.33 bits per heavy atom. The predicted molar refractivity (Wildman–Crippen MR) is 63.3 cm³/mol. The van der Waals surface area contributed by atoms with E-state index < -0.39 is 0 Å². The number of fused-ring (bicyclic) bond motifs is 2. The van der Waals surface area contributed by atoms with Crippen molar-refractivity contribution in [1.82, 2.24) is 10.3 Å². The Kier molecular flexibility index (Phi) is 3.65. The number of hydrogen-bond acceptors (Lipinski definition) is 3. The number of nitrogens with two attached hydrogens (primary N) is 1. The minimum Gasteiger partial charge on any atom is -0.300 e. The van der Waals surface area contributed by atoms with Gasteiger partial charge >= 0.3 is 0 Å². The summed E-state index contributed by atoms with van der Waals surface area (Å²) < 4.78 is 0. The normalized spacial score (nSPS) is 38.2. The zero-order chi connectivity index (χ0) is 10.8. The molecule has 2 rings (SSSR count). The minimum atomic E-state index is 0.548. The summed E-state index contributed by atoms with van der Waals surface area (Å²) in [6, 6.07) is 2.22. The van der Waals surface area contributed by atoms with Crippen molar-refractivity contribution in [3.05, 3.63) is 0 Å². The van der Waals surface area contributed by atoms with Crippen molar-refractivity contribution in [3.63, 3.8) is 0 Å². The number of nitrogens with one attached hydrogen (secondary N) is 1. The fourth-order valence-corrected chi connectivity index (χ4v) is 3.55. The summed E-state index contributed by atoms with van der Waals surface area (Å²) in [6.07, 6.45) is 7.97. The van der Waals surface area contributed by atoms with E-state index in [1.165, 1.54) is 38.5 Å². The fraction of sp³-hybridized carbons (Fsp3) is 1.00. The summed E-state index contributed by atoms with van der Waals surface area (Å²) in [5.74, 6) is 6.48. The zero-order valence-electron chi connectivity index (χ0n) is 10.1. The molecule has 0 aromatic carbocycles. The Labute approximate surface area is 93.4 Å². The highest BCUT2D eigenvalue weighted by atomic mass is 15.2. The van der Waals surface area contributed by atoms with Crippen LogP contribution >= 0.6 is 0 Å². The van der Waals surface area contributed by atoms with E-state index in [1.807, 2.05) is 0 Å². The van der Waals surface area contributed by atoms with Gasteiger partial charge in [0.2, 0.25) is 0 Å². The van der Waals surface area contributed by atoms with Crippen molar-refractivity contribution in [1.29, 1.82) is 0 Å². The van der Waals surface area contributed by atoms with Gasteiger partial charge in [0, 0.05) is 18.1 Å². The van der Waals surface area contributed by atoms with Crippen LogP contribution in [0.1, 0.15) is 45.4 Å². The maximum Gasteiger partial charge on any atom is 0.0239 e. The Bertz CT molecular complexity index is 193. The summed E-state index contributed by atoms with van der Waals surface area (Å²) >= 11 is 0. The SMILES string of the molecule is CCCC(NN)C1CC2CCC(C1)N2C. The minimum absolute atomic E-state index is 0.548. The number of hydrazine groups is 1. The highest BCUT2D eigenvalue weighted by Gasteiger charge is 2.40. The van der Waals surface area contributed by atoms with Crippen molar-refractivity contribution >= 4 is 0 Å². The molecule has 3 heteroatoms. The van der Waals surface area contributed by atoms with Crippen LogP contribution in [0.25, 0.3) is 0 Å². The summed E-state index contributed by atoms with van der Waals surface area (Å²) in [5, 5.41) is 0. The molecule has 15 heavy (non-hydrogen) atoms. The lowest BCUT2D eigenvalue weighted by molar-refractivity contribution is 0.110. The van der Waals surface area contributed by atoms with Gasteiger partial charge in [0.15, 0.2) is 0 Å². The zero-order valence-corrected chi connectivity index (χ0v) is 10.1.